The Morgan fingerprint density at radius 3 is 2.33 bits per heavy atom. The van der Waals surface area contributed by atoms with Gasteiger partial charge in [0.2, 0.25) is 6.29 Å². The fourth-order valence-electron chi connectivity index (χ4n) is 1.56. The second-order valence-electron chi connectivity index (χ2n) is 4.69. The fourth-order valence-corrected chi connectivity index (χ4v) is 1.56. The van der Waals surface area contributed by atoms with Crippen LogP contribution in [0.25, 0.3) is 0 Å². The molecule has 0 N–H and O–H groups in total. The summed E-state index contributed by atoms with van der Waals surface area (Å²) in [6, 6.07) is 0. The fraction of sp³-hybridized carbons (Fsp3) is 0.800. The number of hydrogen-bond acceptors (Lipinski definition) is 3. The molecule has 0 aliphatic carbocycles. The molecule has 0 bridgehead atoms. The summed E-state index contributed by atoms with van der Waals surface area (Å²) in [5, 5.41) is 0. The minimum absolute atomic E-state index is 0.357. The van der Waals surface area contributed by atoms with Gasteiger partial charge in [0.15, 0.2) is 0 Å². The molecule has 0 heterocycles. The Bertz CT molecular complexity index is 236. The van der Waals surface area contributed by atoms with Crippen molar-refractivity contribution < 1.29 is 14.3 Å². The van der Waals surface area contributed by atoms with Gasteiger partial charge in [-0.1, -0.05) is 46.1 Å². The molecule has 18 heavy (non-hydrogen) atoms. The molecule has 0 aromatic heterocycles. The molecule has 0 radical (unpaired) electrons. The second kappa shape index (κ2) is 11.3. The molecule has 106 valence electrons. The van der Waals surface area contributed by atoms with Gasteiger partial charge in [0, 0.05) is 12.0 Å². The first kappa shape index (κ1) is 17.2. The van der Waals surface area contributed by atoms with E-state index in [-0.39, 0.29) is 5.97 Å². The summed E-state index contributed by atoms with van der Waals surface area (Å²) in [5.74, 6) is -0.357. The van der Waals surface area contributed by atoms with Gasteiger partial charge >= 0.3 is 5.97 Å². The Morgan fingerprint density at radius 2 is 1.78 bits per heavy atom. The zero-order valence-corrected chi connectivity index (χ0v) is 12.2. The van der Waals surface area contributed by atoms with Crippen LogP contribution >= 0.6 is 0 Å². The van der Waals surface area contributed by atoms with E-state index in [2.05, 4.69) is 13.5 Å². The van der Waals surface area contributed by atoms with Gasteiger partial charge in [-0.05, 0) is 19.8 Å². The van der Waals surface area contributed by atoms with E-state index in [0.29, 0.717) is 12.2 Å². The van der Waals surface area contributed by atoms with Crippen molar-refractivity contribution in [3.05, 3.63) is 12.2 Å². The summed E-state index contributed by atoms with van der Waals surface area (Å²) in [6.45, 7) is 10.1. The highest BCUT2D eigenvalue weighted by molar-refractivity contribution is 5.86. The smallest absolute Gasteiger partial charge is 0.335 e. The van der Waals surface area contributed by atoms with Crippen molar-refractivity contribution in [1.82, 2.24) is 0 Å². The minimum Gasteiger partial charge on any atom is -0.432 e. The standard InChI is InChI=1S/C15H28O3/c1-5-7-8-9-10-11-14(17-12-6-2)18-15(16)13(3)4/h14H,3,5-12H2,1-2,4H3. The van der Waals surface area contributed by atoms with Crippen LogP contribution in [-0.4, -0.2) is 18.9 Å². The van der Waals surface area contributed by atoms with Crippen molar-refractivity contribution in [1.29, 1.82) is 0 Å². The predicted octanol–water partition coefficient (Wildman–Crippen LogP) is 4.22. The Kier molecular flexibility index (Phi) is 10.8. The molecule has 1 atom stereocenters. The zero-order valence-electron chi connectivity index (χ0n) is 12.2. The zero-order chi connectivity index (χ0) is 13.8. The van der Waals surface area contributed by atoms with Gasteiger partial charge < -0.3 is 9.47 Å². The second-order valence-corrected chi connectivity index (χ2v) is 4.69. The number of rotatable bonds is 11. The first-order chi connectivity index (χ1) is 8.61. The maximum Gasteiger partial charge on any atom is 0.335 e. The lowest BCUT2D eigenvalue weighted by atomic mass is 10.1. The van der Waals surface area contributed by atoms with Crippen molar-refractivity contribution in [2.45, 2.75) is 72.0 Å². The summed E-state index contributed by atoms with van der Waals surface area (Å²) >= 11 is 0. The first-order valence-electron chi connectivity index (χ1n) is 7.09. The van der Waals surface area contributed by atoms with Crippen LogP contribution in [0.1, 0.15) is 65.7 Å². The number of hydrogen-bond donors (Lipinski definition) is 0. The molecule has 0 aliphatic rings. The van der Waals surface area contributed by atoms with E-state index in [0.717, 1.165) is 19.3 Å². The van der Waals surface area contributed by atoms with Crippen LogP contribution < -0.4 is 0 Å². The molecule has 0 aliphatic heterocycles. The molecule has 0 spiro atoms. The van der Waals surface area contributed by atoms with Crippen molar-refractivity contribution in [3.8, 4) is 0 Å². The minimum atomic E-state index is -0.407. The lowest BCUT2D eigenvalue weighted by Crippen LogP contribution is -2.22. The van der Waals surface area contributed by atoms with Crippen molar-refractivity contribution in [2.75, 3.05) is 6.61 Å². The molecule has 0 amide bonds. The number of carbonyl (C=O) groups excluding carboxylic acids is 1. The van der Waals surface area contributed by atoms with E-state index in [1.54, 1.807) is 6.92 Å². The van der Waals surface area contributed by atoms with E-state index < -0.39 is 6.29 Å². The summed E-state index contributed by atoms with van der Waals surface area (Å²) in [5.41, 5.74) is 0.422. The van der Waals surface area contributed by atoms with Gasteiger partial charge in [-0.15, -0.1) is 0 Å². The number of esters is 1. The Balaban J connectivity index is 3.90. The molecule has 1 unspecified atom stereocenters. The molecular formula is C15H28O3. The predicted molar refractivity (Wildman–Crippen MR) is 74.3 cm³/mol. The normalized spacial score (nSPS) is 12.2. The lowest BCUT2D eigenvalue weighted by molar-refractivity contribution is -0.175. The molecule has 0 saturated carbocycles. The highest BCUT2D eigenvalue weighted by Gasteiger charge is 2.14. The summed E-state index contributed by atoms with van der Waals surface area (Å²) in [6.07, 6.45) is 7.26. The van der Waals surface area contributed by atoms with E-state index in [1.165, 1.54) is 25.7 Å². The third-order valence-corrected chi connectivity index (χ3v) is 2.64. The molecule has 0 aromatic carbocycles. The van der Waals surface area contributed by atoms with Crippen molar-refractivity contribution >= 4 is 5.97 Å². The maximum absolute atomic E-state index is 11.4. The highest BCUT2D eigenvalue weighted by atomic mass is 16.7. The summed E-state index contributed by atoms with van der Waals surface area (Å²) in [4.78, 5) is 11.4. The van der Waals surface area contributed by atoms with E-state index in [4.69, 9.17) is 9.47 Å². The van der Waals surface area contributed by atoms with Crippen LogP contribution in [0.5, 0.6) is 0 Å². The highest BCUT2D eigenvalue weighted by Crippen LogP contribution is 2.12. The maximum atomic E-state index is 11.4. The van der Waals surface area contributed by atoms with Gasteiger partial charge in [0.1, 0.15) is 0 Å². The summed E-state index contributed by atoms with van der Waals surface area (Å²) < 4.78 is 10.8. The van der Waals surface area contributed by atoms with Crippen molar-refractivity contribution in [2.24, 2.45) is 0 Å². The molecule has 0 fully saturated rings. The van der Waals surface area contributed by atoms with Crippen LogP contribution in [-0.2, 0) is 14.3 Å². The van der Waals surface area contributed by atoms with Crippen LogP contribution in [0.3, 0.4) is 0 Å². The number of unbranched alkanes of at least 4 members (excludes halogenated alkanes) is 4. The molecular weight excluding hydrogens is 228 g/mol. The van der Waals surface area contributed by atoms with Gasteiger partial charge in [-0.25, -0.2) is 4.79 Å². The van der Waals surface area contributed by atoms with Crippen LogP contribution in [0.15, 0.2) is 12.2 Å². The van der Waals surface area contributed by atoms with E-state index >= 15 is 0 Å². The quantitative estimate of drug-likeness (QED) is 0.240. The van der Waals surface area contributed by atoms with Crippen LogP contribution in [0.2, 0.25) is 0 Å². The number of ether oxygens (including phenoxy) is 2. The topological polar surface area (TPSA) is 35.5 Å². The summed E-state index contributed by atoms with van der Waals surface area (Å²) in [7, 11) is 0. The van der Waals surface area contributed by atoms with Gasteiger partial charge in [-0.3, -0.25) is 0 Å². The van der Waals surface area contributed by atoms with Crippen molar-refractivity contribution in [3.63, 3.8) is 0 Å². The van der Waals surface area contributed by atoms with E-state index in [1.807, 2.05) is 6.92 Å². The Hall–Kier alpha value is -0.830. The Labute approximate surface area is 112 Å². The van der Waals surface area contributed by atoms with E-state index in [9.17, 15) is 4.79 Å². The average Bonchev–Trinajstić information content (AvgIpc) is 2.34. The molecule has 3 heteroatoms. The third-order valence-electron chi connectivity index (χ3n) is 2.64. The van der Waals surface area contributed by atoms with Crippen LogP contribution in [0, 0.1) is 0 Å². The first-order valence-corrected chi connectivity index (χ1v) is 7.09. The third kappa shape index (κ3) is 9.23. The molecule has 0 saturated heterocycles. The van der Waals surface area contributed by atoms with Crippen LogP contribution in [0.4, 0.5) is 0 Å². The molecule has 0 rings (SSSR count). The SMILES string of the molecule is C=C(C)C(=O)OC(CCCCCCC)OCCC. The molecule has 3 nitrogen and oxygen atoms in total. The molecule has 0 aromatic rings. The van der Waals surface area contributed by atoms with Gasteiger partial charge in [-0.2, -0.15) is 0 Å². The average molecular weight is 256 g/mol. The van der Waals surface area contributed by atoms with Gasteiger partial charge in [0.25, 0.3) is 0 Å². The van der Waals surface area contributed by atoms with Gasteiger partial charge in [0.05, 0.1) is 6.61 Å². The monoisotopic (exact) mass is 256 g/mol. The lowest BCUT2D eigenvalue weighted by Gasteiger charge is -2.18. The number of carbonyl (C=O) groups is 1. The largest absolute Gasteiger partial charge is 0.432 e. The Morgan fingerprint density at radius 1 is 1.11 bits per heavy atom.